The molecule has 4 heteroatoms. The number of anilines is 3. The van der Waals surface area contributed by atoms with E-state index in [1.807, 2.05) is 23.5 Å². The molecule has 0 aliphatic heterocycles. The van der Waals surface area contributed by atoms with Crippen LogP contribution in [0.3, 0.4) is 0 Å². The van der Waals surface area contributed by atoms with Crippen molar-refractivity contribution in [1.29, 1.82) is 0 Å². The first kappa shape index (κ1) is 31.2. The third-order valence-corrected chi connectivity index (χ3v) is 12.6. The van der Waals surface area contributed by atoms with E-state index in [0.29, 0.717) is 0 Å². The van der Waals surface area contributed by atoms with Gasteiger partial charge in [0.25, 0.3) is 0 Å². The molecule has 0 saturated heterocycles. The smallest absolute Gasteiger partial charge is 0.135 e. The van der Waals surface area contributed by atoms with Gasteiger partial charge in [-0.15, -0.1) is 11.3 Å². The van der Waals surface area contributed by atoms with Crippen LogP contribution in [0.4, 0.5) is 17.1 Å². The van der Waals surface area contributed by atoms with Crippen LogP contribution in [0.1, 0.15) is 0 Å². The Hall–Kier alpha value is -7.14. The summed E-state index contributed by atoms with van der Waals surface area (Å²) in [6, 6.07) is 70.3. The van der Waals surface area contributed by atoms with Crippen molar-refractivity contribution >= 4 is 103 Å². The maximum absolute atomic E-state index is 6.26. The molecule has 12 rings (SSSR count). The molecule has 0 spiro atoms. The van der Waals surface area contributed by atoms with Gasteiger partial charge >= 0.3 is 0 Å². The molecular weight excluding hydrogens is 701 g/mol. The van der Waals surface area contributed by atoms with Crippen molar-refractivity contribution < 1.29 is 4.42 Å². The summed E-state index contributed by atoms with van der Waals surface area (Å²) in [4.78, 5) is 2.41. The van der Waals surface area contributed by atoms with Crippen LogP contribution in [-0.2, 0) is 0 Å². The molecule has 0 aliphatic rings. The average Bonchev–Trinajstić information content (AvgIpc) is 3.94. The number of benzene rings is 9. The number of aromatic nitrogens is 1. The fourth-order valence-corrected chi connectivity index (χ4v) is 10.0. The van der Waals surface area contributed by atoms with Crippen molar-refractivity contribution in [3.8, 4) is 16.8 Å². The molecule has 0 atom stereocenters. The number of rotatable bonds is 5. The maximum atomic E-state index is 6.26. The van der Waals surface area contributed by atoms with Crippen molar-refractivity contribution in [1.82, 2.24) is 4.57 Å². The van der Waals surface area contributed by atoms with Gasteiger partial charge in [0.1, 0.15) is 11.2 Å². The summed E-state index contributed by atoms with van der Waals surface area (Å²) in [6.45, 7) is 0. The lowest BCUT2D eigenvalue weighted by Crippen LogP contribution is -2.10. The predicted molar refractivity (Wildman–Crippen MR) is 239 cm³/mol. The highest BCUT2D eigenvalue weighted by Gasteiger charge is 2.21. The molecule has 0 aliphatic carbocycles. The highest BCUT2D eigenvalue weighted by atomic mass is 32.1. The standard InChI is InChI=1S/C52H32N2OS/c1-2-12-36(13-3-1)54-47-31-35(24-28-40(47)43-29-23-34-11-4-5-14-39(34)51(43)54)33-21-25-37(26-22-33)53(38-27-30-49-45(32-38)41-15-6-8-19-48(41)55-49)46-18-10-17-44-42-16-7-9-20-50(42)56-52(44)46/h1-32H. The zero-order valence-electron chi connectivity index (χ0n) is 30.2. The van der Waals surface area contributed by atoms with Crippen molar-refractivity contribution in [2.75, 3.05) is 4.90 Å². The van der Waals surface area contributed by atoms with E-state index < -0.39 is 0 Å². The molecule has 262 valence electrons. The van der Waals surface area contributed by atoms with Crippen molar-refractivity contribution in [2.45, 2.75) is 0 Å². The largest absolute Gasteiger partial charge is 0.456 e. The predicted octanol–water partition coefficient (Wildman–Crippen LogP) is 15.3. The quantitative estimate of drug-likeness (QED) is 0.176. The van der Waals surface area contributed by atoms with Crippen LogP contribution in [0.15, 0.2) is 199 Å². The zero-order chi connectivity index (χ0) is 36.7. The van der Waals surface area contributed by atoms with Gasteiger partial charge in [-0.05, 0) is 83.2 Å². The molecule has 0 N–H and O–H groups in total. The number of fused-ring (bicyclic) bond motifs is 11. The van der Waals surface area contributed by atoms with Crippen LogP contribution < -0.4 is 4.90 Å². The zero-order valence-corrected chi connectivity index (χ0v) is 31.0. The number of para-hydroxylation sites is 2. The Labute approximate surface area is 326 Å². The number of nitrogens with zero attached hydrogens (tertiary/aromatic N) is 2. The molecule has 0 bridgehead atoms. The molecule has 3 heterocycles. The van der Waals surface area contributed by atoms with Crippen LogP contribution in [0.5, 0.6) is 0 Å². The molecule has 3 aromatic heterocycles. The minimum absolute atomic E-state index is 0.890. The number of hydrogen-bond donors (Lipinski definition) is 0. The van der Waals surface area contributed by atoms with Gasteiger partial charge < -0.3 is 13.9 Å². The van der Waals surface area contributed by atoms with Crippen LogP contribution in [0.2, 0.25) is 0 Å². The monoisotopic (exact) mass is 732 g/mol. The SMILES string of the molecule is c1ccc(-n2c3cc(-c4ccc(N(c5ccc6oc7ccccc7c6c5)c5cccc6c5sc5ccccc56)cc4)ccc3c3ccc4ccccc4c32)cc1. The van der Waals surface area contributed by atoms with Crippen LogP contribution in [0.25, 0.3) is 91.5 Å². The van der Waals surface area contributed by atoms with Crippen LogP contribution in [0, 0.1) is 0 Å². The van der Waals surface area contributed by atoms with E-state index in [2.05, 4.69) is 191 Å². The summed E-state index contributed by atoms with van der Waals surface area (Å²) in [7, 11) is 0. The number of thiophene rings is 1. The minimum atomic E-state index is 0.890. The molecule has 9 aromatic carbocycles. The summed E-state index contributed by atoms with van der Waals surface area (Å²) in [5, 5.41) is 9.80. The molecule has 12 aromatic rings. The van der Waals surface area contributed by atoms with Gasteiger partial charge in [-0.25, -0.2) is 0 Å². The number of furan rings is 1. The van der Waals surface area contributed by atoms with E-state index in [0.717, 1.165) is 44.7 Å². The minimum Gasteiger partial charge on any atom is -0.456 e. The highest BCUT2D eigenvalue weighted by molar-refractivity contribution is 7.26. The molecule has 0 amide bonds. The van der Waals surface area contributed by atoms with Gasteiger partial charge in [-0.3, -0.25) is 0 Å². The van der Waals surface area contributed by atoms with Gasteiger partial charge in [0.05, 0.1) is 21.4 Å². The van der Waals surface area contributed by atoms with Gasteiger partial charge in [0, 0.05) is 59.5 Å². The lowest BCUT2D eigenvalue weighted by atomic mass is 10.0. The topological polar surface area (TPSA) is 21.3 Å². The third kappa shape index (κ3) is 4.70. The van der Waals surface area contributed by atoms with E-state index in [4.69, 9.17) is 4.42 Å². The van der Waals surface area contributed by atoms with E-state index >= 15 is 0 Å². The van der Waals surface area contributed by atoms with Gasteiger partial charge in [0.15, 0.2) is 0 Å². The van der Waals surface area contributed by atoms with Gasteiger partial charge in [-0.2, -0.15) is 0 Å². The number of hydrogen-bond acceptors (Lipinski definition) is 3. The van der Waals surface area contributed by atoms with Crippen molar-refractivity contribution in [2.24, 2.45) is 0 Å². The lowest BCUT2D eigenvalue weighted by Gasteiger charge is -2.26. The molecule has 0 radical (unpaired) electrons. The van der Waals surface area contributed by atoms with Crippen LogP contribution in [-0.4, -0.2) is 4.57 Å². The van der Waals surface area contributed by atoms with E-state index in [1.54, 1.807) is 0 Å². The Morgan fingerprint density at radius 1 is 0.429 bits per heavy atom. The Kier molecular flexibility index (Phi) is 6.80. The molecule has 3 nitrogen and oxygen atoms in total. The van der Waals surface area contributed by atoms with Crippen molar-refractivity contribution in [3.63, 3.8) is 0 Å². The van der Waals surface area contributed by atoms with Gasteiger partial charge in [0.2, 0.25) is 0 Å². The summed E-state index contributed by atoms with van der Waals surface area (Å²) >= 11 is 1.85. The third-order valence-electron chi connectivity index (χ3n) is 11.4. The lowest BCUT2D eigenvalue weighted by molar-refractivity contribution is 0.669. The Balaban J connectivity index is 1.04. The van der Waals surface area contributed by atoms with E-state index in [-0.39, 0.29) is 0 Å². The Bertz CT molecular complexity index is 3480. The van der Waals surface area contributed by atoms with Gasteiger partial charge in [-0.1, -0.05) is 127 Å². The molecule has 0 saturated carbocycles. The fraction of sp³-hybridized carbons (Fsp3) is 0. The Morgan fingerprint density at radius 3 is 2.02 bits per heavy atom. The normalized spacial score (nSPS) is 11.9. The second-order valence-electron chi connectivity index (χ2n) is 14.5. The fourth-order valence-electron chi connectivity index (χ4n) is 8.79. The summed E-state index contributed by atoms with van der Waals surface area (Å²) < 4.78 is 11.3. The van der Waals surface area contributed by atoms with Crippen molar-refractivity contribution in [3.05, 3.63) is 194 Å². The highest BCUT2D eigenvalue weighted by Crippen LogP contribution is 2.46. The van der Waals surface area contributed by atoms with Crippen LogP contribution >= 0.6 is 11.3 Å². The summed E-state index contributed by atoms with van der Waals surface area (Å²) in [5.74, 6) is 0. The summed E-state index contributed by atoms with van der Waals surface area (Å²) in [6.07, 6.45) is 0. The second-order valence-corrected chi connectivity index (χ2v) is 15.6. The molecule has 0 unspecified atom stereocenters. The Morgan fingerprint density at radius 2 is 1.12 bits per heavy atom. The van der Waals surface area contributed by atoms with E-state index in [1.165, 1.54) is 63.9 Å². The first-order valence-corrected chi connectivity index (χ1v) is 19.8. The first-order chi connectivity index (χ1) is 27.8. The summed E-state index contributed by atoms with van der Waals surface area (Å²) in [5.41, 5.74) is 11.1. The second kappa shape index (κ2) is 12.2. The van der Waals surface area contributed by atoms with E-state index in [9.17, 15) is 0 Å². The molecule has 56 heavy (non-hydrogen) atoms. The first-order valence-electron chi connectivity index (χ1n) is 19.0. The molecular formula is C52H32N2OS. The average molecular weight is 733 g/mol. The molecule has 0 fully saturated rings. The maximum Gasteiger partial charge on any atom is 0.135 e.